The molecular formula is C16H25N3O3. The zero-order valence-electron chi connectivity index (χ0n) is 13.6. The van der Waals surface area contributed by atoms with Crippen molar-refractivity contribution >= 4 is 11.9 Å². The van der Waals surface area contributed by atoms with Gasteiger partial charge in [0.1, 0.15) is 5.69 Å². The third-order valence-corrected chi connectivity index (χ3v) is 4.27. The van der Waals surface area contributed by atoms with Crippen molar-refractivity contribution in [2.75, 3.05) is 7.11 Å². The molecule has 1 fully saturated rings. The molecule has 6 nitrogen and oxygen atoms in total. The minimum absolute atomic E-state index is 0.164. The number of methoxy groups -OCH3 is 1. The van der Waals surface area contributed by atoms with Crippen LogP contribution in [0.25, 0.3) is 0 Å². The molecule has 1 N–H and O–H groups in total. The SMILES string of the molecule is CCn1nc(C)cc1C(=O)N[C@@H]1CCCCC[C@@H]1C(=O)OC. The van der Waals surface area contributed by atoms with Gasteiger partial charge in [-0.25, -0.2) is 0 Å². The fourth-order valence-corrected chi connectivity index (χ4v) is 3.13. The summed E-state index contributed by atoms with van der Waals surface area (Å²) in [6.45, 7) is 4.46. The molecule has 1 aliphatic carbocycles. The summed E-state index contributed by atoms with van der Waals surface area (Å²) in [6.07, 6.45) is 4.68. The van der Waals surface area contributed by atoms with Gasteiger partial charge in [-0.05, 0) is 32.8 Å². The molecule has 1 aromatic heterocycles. The molecule has 6 heteroatoms. The van der Waals surface area contributed by atoms with Crippen molar-refractivity contribution in [2.24, 2.45) is 5.92 Å². The van der Waals surface area contributed by atoms with Gasteiger partial charge in [-0.1, -0.05) is 19.3 Å². The second-order valence-electron chi connectivity index (χ2n) is 5.83. The highest BCUT2D eigenvalue weighted by molar-refractivity contribution is 5.93. The summed E-state index contributed by atoms with van der Waals surface area (Å²) in [7, 11) is 1.40. The normalized spacial score (nSPS) is 22.0. The van der Waals surface area contributed by atoms with Gasteiger partial charge in [0.2, 0.25) is 0 Å². The average molecular weight is 307 g/mol. The van der Waals surface area contributed by atoms with Crippen LogP contribution in [0.5, 0.6) is 0 Å². The highest BCUT2D eigenvalue weighted by Gasteiger charge is 2.32. The van der Waals surface area contributed by atoms with E-state index in [1.807, 2.05) is 13.8 Å². The maximum absolute atomic E-state index is 12.6. The number of hydrogen-bond acceptors (Lipinski definition) is 4. The maximum atomic E-state index is 12.6. The van der Waals surface area contributed by atoms with Gasteiger partial charge < -0.3 is 10.1 Å². The molecule has 122 valence electrons. The number of esters is 1. The molecule has 0 spiro atoms. The first-order valence-corrected chi connectivity index (χ1v) is 8.00. The zero-order valence-corrected chi connectivity index (χ0v) is 13.6. The molecule has 2 atom stereocenters. The number of amides is 1. The highest BCUT2D eigenvalue weighted by Crippen LogP contribution is 2.25. The van der Waals surface area contributed by atoms with Crippen molar-refractivity contribution in [3.8, 4) is 0 Å². The topological polar surface area (TPSA) is 73.2 Å². The second kappa shape index (κ2) is 7.42. The molecule has 0 aromatic carbocycles. The Morgan fingerprint density at radius 1 is 1.36 bits per heavy atom. The van der Waals surface area contributed by atoms with E-state index in [0.717, 1.165) is 37.8 Å². The van der Waals surface area contributed by atoms with Gasteiger partial charge >= 0.3 is 5.97 Å². The average Bonchev–Trinajstić information content (AvgIpc) is 2.75. The van der Waals surface area contributed by atoms with E-state index in [0.29, 0.717) is 12.2 Å². The van der Waals surface area contributed by atoms with Gasteiger partial charge in [0.25, 0.3) is 5.91 Å². The molecule has 22 heavy (non-hydrogen) atoms. The Balaban J connectivity index is 2.14. The van der Waals surface area contributed by atoms with E-state index in [-0.39, 0.29) is 23.8 Å². The van der Waals surface area contributed by atoms with E-state index in [4.69, 9.17) is 4.74 Å². The van der Waals surface area contributed by atoms with Crippen molar-refractivity contribution in [1.29, 1.82) is 0 Å². The lowest BCUT2D eigenvalue weighted by Crippen LogP contribution is -2.43. The first-order chi connectivity index (χ1) is 10.6. The van der Waals surface area contributed by atoms with E-state index in [9.17, 15) is 9.59 Å². The first-order valence-electron chi connectivity index (χ1n) is 8.00. The molecule has 0 radical (unpaired) electrons. The number of rotatable bonds is 4. The van der Waals surface area contributed by atoms with Crippen LogP contribution in [-0.4, -0.2) is 34.8 Å². The Labute approximate surface area is 131 Å². The smallest absolute Gasteiger partial charge is 0.310 e. The van der Waals surface area contributed by atoms with E-state index in [1.54, 1.807) is 10.7 Å². The van der Waals surface area contributed by atoms with Crippen LogP contribution >= 0.6 is 0 Å². The molecule has 2 rings (SSSR count). The number of carbonyl (C=O) groups is 2. The van der Waals surface area contributed by atoms with E-state index >= 15 is 0 Å². The number of carbonyl (C=O) groups excluding carboxylic acids is 2. The Morgan fingerprint density at radius 3 is 2.77 bits per heavy atom. The molecule has 1 aromatic rings. The monoisotopic (exact) mass is 307 g/mol. The number of nitrogens with zero attached hydrogens (tertiary/aromatic N) is 2. The molecule has 1 heterocycles. The molecule has 0 unspecified atom stereocenters. The third kappa shape index (κ3) is 3.67. The molecule has 1 amide bonds. The zero-order chi connectivity index (χ0) is 16.1. The van der Waals surface area contributed by atoms with Gasteiger partial charge in [-0.15, -0.1) is 0 Å². The summed E-state index contributed by atoms with van der Waals surface area (Å²) in [5, 5.41) is 7.32. The van der Waals surface area contributed by atoms with E-state index in [2.05, 4.69) is 10.4 Å². The van der Waals surface area contributed by atoms with Crippen molar-refractivity contribution in [3.63, 3.8) is 0 Å². The van der Waals surface area contributed by atoms with E-state index in [1.165, 1.54) is 7.11 Å². The third-order valence-electron chi connectivity index (χ3n) is 4.27. The standard InChI is InChI=1S/C16H25N3O3/c1-4-19-14(10-11(2)18-19)15(20)17-13-9-7-5-6-8-12(13)16(21)22-3/h10,12-13H,4-9H2,1-3H3,(H,17,20)/t12-,13+/m0/s1. The van der Waals surface area contributed by atoms with Crippen LogP contribution in [0.15, 0.2) is 6.07 Å². The van der Waals surface area contributed by atoms with Crippen molar-refractivity contribution < 1.29 is 14.3 Å². The highest BCUT2D eigenvalue weighted by atomic mass is 16.5. The lowest BCUT2D eigenvalue weighted by Gasteiger charge is -2.24. The minimum atomic E-state index is -0.254. The fourth-order valence-electron chi connectivity index (χ4n) is 3.13. The molecule has 0 aliphatic heterocycles. The van der Waals surface area contributed by atoms with Crippen LogP contribution in [0, 0.1) is 12.8 Å². The van der Waals surface area contributed by atoms with Crippen LogP contribution < -0.4 is 5.32 Å². The predicted octanol–water partition coefficient (Wildman–Crippen LogP) is 2.06. The summed E-state index contributed by atoms with van der Waals surface area (Å²) in [5.41, 5.74) is 1.37. The summed E-state index contributed by atoms with van der Waals surface area (Å²) in [5.74, 6) is -0.647. The van der Waals surface area contributed by atoms with E-state index < -0.39 is 0 Å². The number of hydrogen-bond donors (Lipinski definition) is 1. The largest absolute Gasteiger partial charge is 0.469 e. The van der Waals surface area contributed by atoms with Crippen LogP contribution in [-0.2, 0) is 16.1 Å². The Bertz CT molecular complexity index is 539. The Hall–Kier alpha value is -1.85. The van der Waals surface area contributed by atoms with Gasteiger partial charge in [0, 0.05) is 12.6 Å². The van der Waals surface area contributed by atoms with Crippen LogP contribution in [0.4, 0.5) is 0 Å². The molecule has 0 bridgehead atoms. The summed E-state index contributed by atoms with van der Waals surface area (Å²) >= 11 is 0. The fraction of sp³-hybridized carbons (Fsp3) is 0.688. The van der Waals surface area contributed by atoms with Crippen molar-refractivity contribution in [1.82, 2.24) is 15.1 Å². The quantitative estimate of drug-likeness (QED) is 0.682. The molecular weight excluding hydrogens is 282 g/mol. The number of nitrogens with one attached hydrogen (secondary N) is 1. The van der Waals surface area contributed by atoms with Gasteiger partial charge in [0.15, 0.2) is 0 Å². The predicted molar refractivity (Wildman–Crippen MR) is 82.5 cm³/mol. The molecule has 1 saturated carbocycles. The number of ether oxygens (including phenoxy) is 1. The van der Waals surface area contributed by atoms with Crippen LogP contribution in [0.2, 0.25) is 0 Å². The van der Waals surface area contributed by atoms with Gasteiger partial charge in [-0.3, -0.25) is 14.3 Å². The number of aryl methyl sites for hydroxylation is 2. The summed E-state index contributed by atoms with van der Waals surface area (Å²) < 4.78 is 6.59. The summed E-state index contributed by atoms with van der Waals surface area (Å²) in [4.78, 5) is 24.5. The van der Waals surface area contributed by atoms with Gasteiger partial charge in [0.05, 0.1) is 18.7 Å². The lowest BCUT2D eigenvalue weighted by molar-refractivity contribution is -0.146. The Morgan fingerprint density at radius 2 is 2.09 bits per heavy atom. The Kier molecular flexibility index (Phi) is 5.57. The number of aromatic nitrogens is 2. The minimum Gasteiger partial charge on any atom is -0.469 e. The molecule has 0 saturated heterocycles. The maximum Gasteiger partial charge on any atom is 0.310 e. The van der Waals surface area contributed by atoms with Crippen molar-refractivity contribution in [3.05, 3.63) is 17.5 Å². The van der Waals surface area contributed by atoms with Crippen LogP contribution in [0.1, 0.15) is 55.2 Å². The molecule has 1 aliphatic rings. The van der Waals surface area contributed by atoms with Crippen molar-refractivity contribution in [2.45, 2.75) is 58.5 Å². The first kappa shape index (κ1) is 16.5. The van der Waals surface area contributed by atoms with Gasteiger partial charge in [-0.2, -0.15) is 5.10 Å². The summed E-state index contributed by atoms with van der Waals surface area (Å²) in [6, 6.07) is 1.62. The second-order valence-corrected chi connectivity index (χ2v) is 5.83. The lowest BCUT2D eigenvalue weighted by atomic mass is 9.94. The van der Waals surface area contributed by atoms with Crippen LogP contribution in [0.3, 0.4) is 0 Å².